The number of nitrogens with one attached hydrogen (secondary N) is 1. The molecule has 1 aliphatic heterocycles. The second-order valence-electron chi connectivity index (χ2n) is 8.76. The number of halogens is 1. The number of aromatic carboxylic acids is 1. The number of aromatic nitrogens is 2. The van der Waals surface area contributed by atoms with Crippen molar-refractivity contribution < 1.29 is 9.90 Å². The lowest BCUT2D eigenvalue weighted by molar-refractivity contribution is 0.0695. The first-order valence-corrected chi connectivity index (χ1v) is 10.9. The number of allylic oxidation sites excluding steroid dienone is 1. The topological polar surface area (TPSA) is 87.5 Å². The highest BCUT2D eigenvalue weighted by molar-refractivity contribution is 6.37. The van der Waals surface area contributed by atoms with Crippen LogP contribution in [0.3, 0.4) is 0 Å². The number of rotatable bonds is 4. The number of hydrogen-bond acceptors (Lipinski definition) is 5. The molecule has 2 fully saturated rings. The Labute approximate surface area is 179 Å². The average Bonchev–Trinajstić information content (AvgIpc) is 3.47. The molecule has 1 saturated carbocycles. The number of hydrogen-bond donors (Lipinski definition) is 2. The SMILES string of the molecule is CN[C@@H]1C=C[C@H](C)[C@@H]2CN(c3ncc4c(=O)c(C(=O)O)cn(C5CC5)c4c3Cl)C[C@@H]21. The van der Waals surface area contributed by atoms with Crippen molar-refractivity contribution in [2.45, 2.75) is 31.8 Å². The zero-order chi connectivity index (χ0) is 21.2. The van der Waals surface area contributed by atoms with Crippen molar-refractivity contribution in [3.8, 4) is 0 Å². The Hall–Kier alpha value is -2.38. The lowest BCUT2D eigenvalue weighted by atomic mass is 9.76. The normalized spacial score (nSPS) is 28.2. The number of anilines is 1. The Balaban J connectivity index is 1.61. The molecular weight excluding hydrogens is 404 g/mol. The molecule has 0 radical (unpaired) electrons. The molecule has 2 aromatic rings. The number of carboxylic acids is 1. The number of fused-ring (bicyclic) bond motifs is 2. The minimum Gasteiger partial charge on any atom is -0.477 e. The summed E-state index contributed by atoms with van der Waals surface area (Å²) in [5.74, 6) is 0.897. The summed E-state index contributed by atoms with van der Waals surface area (Å²) in [6.07, 6.45) is 9.39. The predicted molar refractivity (Wildman–Crippen MR) is 117 cm³/mol. The van der Waals surface area contributed by atoms with Gasteiger partial charge in [-0.1, -0.05) is 30.7 Å². The van der Waals surface area contributed by atoms with E-state index < -0.39 is 11.4 Å². The molecule has 0 aromatic carbocycles. The van der Waals surface area contributed by atoms with E-state index in [9.17, 15) is 14.7 Å². The van der Waals surface area contributed by atoms with E-state index in [0.29, 0.717) is 40.2 Å². The van der Waals surface area contributed by atoms with Crippen molar-refractivity contribution in [2.75, 3.05) is 25.0 Å². The van der Waals surface area contributed by atoms with Crippen LogP contribution in [0.5, 0.6) is 0 Å². The fourth-order valence-electron chi connectivity index (χ4n) is 5.16. The van der Waals surface area contributed by atoms with Crippen LogP contribution in [0.4, 0.5) is 5.82 Å². The van der Waals surface area contributed by atoms with Gasteiger partial charge in [0.05, 0.1) is 10.9 Å². The van der Waals surface area contributed by atoms with E-state index in [1.54, 1.807) is 0 Å². The van der Waals surface area contributed by atoms with Gasteiger partial charge in [-0.15, -0.1) is 0 Å². The van der Waals surface area contributed by atoms with Crippen molar-refractivity contribution in [1.29, 1.82) is 0 Å². The number of pyridine rings is 2. The summed E-state index contributed by atoms with van der Waals surface area (Å²) in [5.41, 5.74) is -0.159. The van der Waals surface area contributed by atoms with Crippen LogP contribution in [0.25, 0.3) is 10.9 Å². The van der Waals surface area contributed by atoms with E-state index >= 15 is 0 Å². The molecule has 158 valence electrons. The van der Waals surface area contributed by atoms with Crippen molar-refractivity contribution in [3.05, 3.63) is 45.4 Å². The third-order valence-corrected chi connectivity index (χ3v) is 7.31. The van der Waals surface area contributed by atoms with Gasteiger partial charge in [-0.05, 0) is 31.7 Å². The van der Waals surface area contributed by atoms with Crippen LogP contribution < -0.4 is 15.6 Å². The standard InChI is InChI=1S/C22H25ClN4O3/c1-11-3-6-17(24-2)15-9-26(8-14(11)15)21-18(23)19-13(7-25-21)20(28)16(22(29)30)10-27(19)12-4-5-12/h3,6-7,10-12,14-15,17,24H,4-5,8-9H2,1-2H3,(H,29,30)/t11-,14-,15-,17+/m0/s1. The zero-order valence-corrected chi connectivity index (χ0v) is 17.8. The Kier molecular flexibility index (Phi) is 4.63. The smallest absolute Gasteiger partial charge is 0.341 e. The third kappa shape index (κ3) is 2.94. The first-order chi connectivity index (χ1) is 14.4. The highest BCUT2D eigenvalue weighted by Crippen LogP contribution is 2.43. The van der Waals surface area contributed by atoms with Crippen LogP contribution in [0.2, 0.25) is 5.02 Å². The monoisotopic (exact) mass is 428 g/mol. The van der Waals surface area contributed by atoms with Gasteiger partial charge in [0, 0.05) is 43.5 Å². The maximum atomic E-state index is 12.8. The lowest BCUT2D eigenvalue weighted by Gasteiger charge is -2.32. The van der Waals surface area contributed by atoms with Gasteiger partial charge in [-0.3, -0.25) is 4.79 Å². The van der Waals surface area contributed by atoms with E-state index in [2.05, 4.69) is 34.3 Å². The number of carbonyl (C=O) groups is 1. The minimum atomic E-state index is -1.22. The molecule has 8 heteroatoms. The minimum absolute atomic E-state index is 0.179. The average molecular weight is 429 g/mol. The summed E-state index contributed by atoms with van der Waals surface area (Å²) in [6.45, 7) is 3.94. The van der Waals surface area contributed by atoms with Crippen LogP contribution in [0.1, 0.15) is 36.2 Å². The van der Waals surface area contributed by atoms with E-state index in [4.69, 9.17) is 11.6 Å². The summed E-state index contributed by atoms with van der Waals surface area (Å²) in [7, 11) is 1.99. The first-order valence-electron chi connectivity index (χ1n) is 10.5. The maximum Gasteiger partial charge on any atom is 0.341 e. The predicted octanol–water partition coefficient (Wildman–Crippen LogP) is 2.93. The van der Waals surface area contributed by atoms with Crippen LogP contribution in [-0.4, -0.2) is 46.8 Å². The van der Waals surface area contributed by atoms with Gasteiger partial charge in [-0.2, -0.15) is 0 Å². The molecule has 2 aliphatic carbocycles. The van der Waals surface area contributed by atoms with Crippen LogP contribution >= 0.6 is 11.6 Å². The second kappa shape index (κ2) is 7.10. The van der Waals surface area contributed by atoms with Crippen molar-refractivity contribution in [2.24, 2.45) is 17.8 Å². The van der Waals surface area contributed by atoms with E-state index in [1.807, 2.05) is 11.6 Å². The van der Waals surface area contributed by atoms with Gasteiger partial charge in [0.25, 0.3) is 0 Å². The quantitative estimate of drug-likeness (QED) is 0.728. The van der Waals surface area contributed by atoms with Crippen LogP contribution in [0.15, 0.2) is 29.3 Å². The number of nitrogens with zero attached hydrogens (tertiary/aromatic N) is 3. The molecule has 2 aromatic heterocycles. The van der Waals surface area contributed by atoms with Gasteiger partial charge in [0.15, 0.2) is 0 Å². The Morgan fingerprint density at radius 2 is 2.00 bits per heavy atom. The summed E-state index contributed by atoms with van der Waals surface area (Å²) in [5, 5.41) is 13.6. The molecule has 0 amide bonds. The van der Waals surface area contributed by atoms with Crippen molar-refractivity contribution in [3.63, 3.8) is 0 Å². The van der Waals surface area contributed by atoms with Gasteiger partial charge in [-0.25, -0.2) is 9.78 Å². The molecule has 2 N–H and O–H groups in total. The number of carboxylic acid groups (broad SMARTS) is 1. The van der Waals surface area contributed by atoms with Gasteiger partial charge >= 0.3 is 5.97 Å². The van der Waals surface area contributed by atoms with Crippen LogP contribution in [0, 0.1) is 17.8 Å². The summed E-state index contributed by atoms with van der Waals surface area (Å²) in [6, 6.07) is 0.496. The van der Waals surface area contributed by atoms with E-state index in [-0.39, 0.29) is 17.0 Å². The van der Waals surface area contributed by atoms with Crippen molar-refractivity contribution >= 4 is 34.3 Å². The highest BCUT2D eigenvalue weighted by atomic mass is 35.5. The molecule has 0 spiro atoms. The van der Waals surface area contributed by atoms with E-state index in [1.165, 1.54) is 12.4 Å². The fourth-order valence-corrected chi connectivity index (χ4v) is 5.53. The molecule has 4 atom stereocenters. The van der Waals surface area contributed by atoms with Crippen LogP contribution in [-0.2, 0) is 0 Å². The third-order valence-electron chi connectivity index (χ3n) is 6.97. The van der Waals surface area contributed by atoms with Gasteiger partial charge < -0.3 is 19.9 Å². The molecule has 5 rings (SSSR count). The van der Waals surface area contributed by atoms with E-state index in [0.717, 1.165) is 25.9 Å². The first kappa shape index (κ1) is 19.6. The fraction of sp³-hybridized carbons (Fsp3) is 0.500. The van der Waals surface area contributed by atoms with Gasteiger partial charge in [0.1, 0.15) is 16.4 Å². The summed E-state index contributed by atoms with van der Waals surface area (Å²) in [4.78, 5) is 31.1. The molecule has 30 heavy (non-hydrogen) atoms. The Bertz CT molecular complexity index is 1120. The Morgan fingerprint density at radius 1 is 1.27 bits per heavy atom. The molecule has 1 saturated heterocycles. The summed E-state index contributed by atoms with van der Waals surface area (Å²) < 4.78 is 1.87. The molecular formula is C22H25ClN4O3. The number of likely N-dealkylation sites (N-methyl/N-ethyl adjacent to an activating group) is 1. The molecule has 0 unspecified atom stereocenters. The molecule has 3 heterocycles. The molecule has 7 nitrogen and oxygen atoms in total. The lowest BCUT2D eigenvalue weighted by Crippen LogP contribution is -2.40. The molecule has 3 aliphatic rings. The van der Waals surface area contributed by atoms with Gasteiger partial charge in [0.2, 0.25) is 5.43 Å². The zero-order valence-electron chi connectivity index (χ0n) is 17.0. The largest absolute Gasteiger partial charge is 0.477 e. The Morgan fingerprint density at radius 3 is 2.67 bits per heavy atom. The maximum absolute atomic E-state index is 12.8. The second-order valence-corrected chi connectivity index (χ2v) is 9.14. The molecule has 0 bridgehead atoms. The van der Waals surface area contributed by atoms with Crippen molar-refractivity contribution in [1.82, 2.24) is 14.9 Å². The highest BCUT2D eigenvalue weighted by Gasteiger charge is 2.42. The summed E-state index contributed by atoms with van der Waals surface area (Å²) >= 11 is 6.86.